The van der Waals surface area contributed by atoms with Crippen molar-refractivity contribution in [3.63, 3.8) is 0 Å². The molecule has 0 unspecified atom stereocenters. The Morgan fingerprint density at radius 1 is 1.35 bits per heavy atom. The Balaban J connectivity index is 3.01. The van der Waals surface area contributed by atoms with Gasteiger partial charge >= 0.3 is 6.18 Å². The topological polar surface area (TPSA) is 3.24 Å². The fourth-order valence-corrected chi connectivity index (χ4v) is 1.59. The normalized spacial score (nSPS) is 11.4. The van der Waals surface area contributed by atoms with E-state index in [9.17, 15) is 13.2 Å². The van der Waals surface area contributed by atoms with Gasteiger partial charge in [-0.2, -0.15) is 13.2 Å². The van der Waals surface area contributed by atoms with Crippen molar-refractivity contribution < 1.29 is 13.2 Å². The first-order valence-electron chi connectivity index (χ1n) is 5.41. The van der Waals surface area contributed by atoms with E-state index < -0.39 is 11.7 Å². The lowest BCUT2D eigenvalue weighted by atomic mass is 10.1. The minimum atomic E-state index is -4.29. The fraction of sp³-hybridized carbons (Fsp3) is 0.385. The predicted molar refractivity (Wildman–Crippen MR) is 64.1 cm³/mol. The maximum Gasteiger partial charge on any atom is 0.416 e. The van der Waals surface area contributed by atoms with Crippen molar-refractivity contribution in [2.24, 2.45) is 0 Å². The van der Waals surface area contributed by atoms with E-state index in [0.29, 0.717) is 18.8 Å². The average molecular weight is 243 g/mol. The van der Waals surface area contributed by atoms with Gasteiger partial charge in [-0.3, -0.25) is 0 Å². The Bertz CT molecular complexity index is 396. The van der Waals surface area contributed by atoms with Crippen LogP contribution in [-0.4, -0.2) is 13.1 Å². The zero-order valence-electron chi connectivity index (χ0n) is 10.0. The SMILES string of the molecule is C=C(C)CN(CC)c1cccc(C(F)(F)F)c1. The van der Waals surface area contributed by atoms with Crippen LogP contribution in [0.25, 0.3) is 0 Å². The molecule has 1 aromatic carbocycles. The Hall–Kier alpha value is -1.45. The lowest BCUT2D eigenvalue weighted by Gasteiger charge is -2.24. The first kappa shape index (κ1) is 13.6. The molecule has 4 heteroatoms. The average Bonchev–Trinajstić information content (AvgIpc) is 2.24. The molecule has 0 saturated carbocycles. The molecular weight excluding hydrogens is 227 g/mol. The van der Waals surface area contributed by atoms with Crippen molar-refractivity contribution >= 4 is 5.69 Å². The monoisotopic (exact) mass is 243 g/mol. The van der Waals surface area contributed by atoms with Gasteiger partial charge in [-0.15, -0.1) is 0 Å². The molecule has 1 aromatic rings. The maximum atomic E-state index is 12.6. The van der Waals surface area contributed by atoms with Crippen LogP contribution in [0, 0.1) is 0 Å². The molecule has 0 radical (unpaired) electrons. The summed E-state index contributed by atoms with van der Waals surface area (Å²) < 4.78 is 37.7. The van der Waals surface area contributed by atoms with Gasteiger partial charge in [0.05, 0.1) is 5.56 Å². The third kappa shape index (κ3) is 3.80. The smallest absolute Gasteiger partial charge is 0.368 e. The Morgan fingerprint density at radius 3 is 2.47 bits per heavy atom. The number of alkyl halides is 3. The van der Waals surface area contributed by atoms with Crippen LogP contribution < -0.4 is 4.90 Å². The molecule has 0 atom stereocenters. The third-order valence-electron chi connectivity index (χ3n) is 2.38. The van der Waals surface area contributed by atoms with Crippen LogP contribution in [-0.2, 0) is 6.18 Å². The second kappa shape index (κ2) is 5.25. The number of nitrogens with zero attached hydrogens (tertiary/aromatic N) is 1. The number of hydrogen-bond acceptors (Lipinski definition) is 1. The first-order valence-corrected chi connectivity index (χ1v) is 5.41. The predicted octanol–water partition coefficient (Wildman–Crippen LogP) is 4.11. The van der Waals surface area contributed by atoms with Crippen molar-refractivity contribution in [1.82, 2.24) is 0 Å². The van der Waals surface area contributed by atoms with E-state index in [2.05, 4.69) is 6.58 Å². The van der Waals surface area contributed by atoms with E-state index in [1.54, 1.807) is 6.07 Å². The summed E-state index contributed by atoms with van der Waals surface area (Å²) in [6, 6.07) is 5.37. The van der Waals surface area contributed by atoms with Crippen molar-refractivity contribution in [3.05, 3.63) is 42.0 Å². The van der Waals surface area contributed by atoms with Crippen molar-refractivity contribution in [3.8, 4) is 0 Å². The minimum absolute atomic E-state index is 0.567. The van der Waals surface area contributed by atoms with Gasteiger partial charge in [0, 0.05) is 18.8 Å². The zero-order chi connectivity index (χ0) is 13.1. The highest BCUT2D eigenvalue weighted by Crippen LogP contribution is 2.31. The van der Waals surface area contributed by atoms with Gasteiger partial charge in [-0.05, 0) is 32.0 Å². The van der Waals surface area contributed by atoms with Crippen molar-refractivity contribution in [2.75, 3.05) is 18.0 Å². The standard InChI is InChI=1S/C13H16F3N/c1-4-17(9-10(2)3)12-7-5-6-11(8-12)13(14,15)16/h5-8H,2,4,9H2,1,3H3. The molecule has 0 spiro atoms. The largest absolute Gasteiger partial charge is 0.416 e. The van der Waals surface area contributed by atoms with Crippen LogP contribution in [0.4, 0.5) is 18.9 Å². The van der Waals surface area contributed by atoms with E-state index in [4.69, 9.17) is 0 Å². The molecule has 0 aliphatic heterocycles. The van der Waals surface area contributed by atoms with Crippen LogP contribution in [0.5, 0.6) is 0 Å². The second-order valence-corrected chi connectivity index (χ2v) is 4.02. The molecule has 17 heavy (non-hydrogen) atoms. The Kier molecular flexibility index (Phi) is 4.21. The highest BCUT2D eigenvalue weighted by Gasteiger charge is 2.30. The molecular formula is C13H16F3N. The van der Waals surface area contributed by atoms with E-state index in [1.165, 1.54) is 12.1 Å². The minimum Gasteiger partial charge on any atom is -0.368 e. The highest BCUT2D eigenvalue weighted by molar-refractivity contribution is 5.50. The molecule has 94 valence electrons. The van der Waals surface area contributed by atoms with Gasteiger partial charge < -0.3 is 4.90 Å². The number of likely N-dealkylation sites (N-methyl/N-ethyl adjacent to an activating group) is 1. The molecule has 0 fully saturated rings. The van der Waals surface area contributed by atoms with Crippen molar-refractivity contribution in [1.29, 1.82) is 0 Å². The van der Waals surface area contributed by atoms with Gasteiger partial charge in [0.1, 0.15) is 0 Å². The summed E-state index contributed by atoms with van der Waals surface area (Å²) in [4.78, 5) is 1.86. The Morgan fingerprint density at radius 2 is 2.00 bits per heavy atom. The third-order valence-corrected chi connectivity index (χ3v) is 2.38. The van der Waals surface area contributed by atoms with Gasteiger partial charge in [-0.25, -0.2) is 0 Å². The van der Waals surface area contributed by atoms with Crippen LogP contribution in [0.2, 0.25) is 0 Å². The number of rotatable bonds is 4. The summed E-state index contributed by atoms with van der Waals surface area (Å²) in [5.74, 6) is 0. The van der Waals surface area contributed by atoms with Gasteiger partial charge in [0.25, 0.3) is 0 Å². The summed E-state index contributed by atoms with van der Waals surface area (Å²) >= 11 is 0. The number of anilines is 1. The van der Waals surface area contributed by atoms with Crippen molar-refractivity contribution in [2.45, 2.75) is 20.0 Å². The number of benzene rings is 1. The molecule has 0 aliphatic carbocycles. The summed E-state index contributed by atoms with van der Waals surface area (Å²) in [5, 5.41) is 0. The van der Waals surface area contributed by atoms with Gasteiger partial charge in [0.2, 0.25) is 0 Å². The molecule has 0 N–H and O–H groups in total. The highest BCUT2D eigenvalue weighted by atomic mass is 19.4. The molecule has 0 heterocycles. The summed E-state index contributed by atoms with van der Waals surface area (Å²) in [6.45, 7) is 8.75. The molecule has 1 rings (SSSR count). The maximum absolute atomic E-state index is 12.6. The molecule has 0 saturated heterocycles. The van der Waals surface area contributed by atoms with E-state index in [-0.39, 0.29) is 0 Å². The number of hydrogen-bond donors (Lipinski definition) is 0. The van der Waals surface area contributed by atoms with Crippen LogP contribution >= 0.6 is 0 Å². The lowest BCUT2D eigenvalue weighted by molar-refractivity contribution is -0.137. The second-order valence-electron chi connectivity index (χ2n) is 4.02. The number of halogens is 3. The van der Waals surface area contributed by atoms with Gasteiger partial charge in [-0.1, -0.05) is 18.2 Å². The molecule has 0 amide bonds. The Labute approximate surface area is 99.6 Å². The van der Waals surface area contributed by atoms with Gasteiger partial charge in [0.15, 0.2) is 0 Å². The molecule has 0 bridgehead atoms. The summed E-state index contributed by atoms with van der Waals surface area (Å²) in [7, 11) is 0. The van der Waals surface area contributed by atoms with E-state index >= 15 is 0 Å². The van der Waals surface area contributed by atoms with E-state index in [1.807, 2.05) is 18.7 Å². The summed E-state index contributed by atoms with van der Waals surface area (Å²) in [5.41, 5.74) is 0.879. The molecule has 0 aliphatic rings. The quantitative estimate of drug-likeness (QED) is 0.719. The fourth-order valence-electron chi connectivity index (χ4n) is 1.59. The van der Waals surface area contributed by atoms with Crippen LogP contribution in [0.15, 0.2) is 36.4 Å². The van der Waals surface area contributed by atoms with Crippen LogP contribution in [0.1, 0.15) is 19.4 Å². The molecule has 0 aromatic heterocycles. The summed E-state index contributed by atoms with van der Waals surface area (Å²) in [6.07, 6.45) is -4.29. The first-order chi connectivity index (χ1) is 7.84. The lowest BCUT2D eigenvalue weighted by Crippen LogP contribution is -2.24. The van der Waals surface area contributed by atoms with E-state index in [0.717, 1.165) is 11.6 Å². The zero-order valence-corrected chi connectivity index (χ0v) is 10.0. The van der Waals surface area contributed by atoms with Crippen LogP contribution in [0.3, 0.4) is 0 Å². The molecule has 1 nitrogen and oxygen atoms in total.